The summed E-state index contributed by atoms with van der Waals surface area (Å²) in [5.41, 5.74) is 2.24. The monoisotopic (exact) mass is 569 g/mol. The van der Waals surface area contributed by atoms with Crippen LogP contribution in [0, 0.1) is 5.92 Å². The van der Waals surface area contributed by atoms with Gasteiger partial charge in [0.05, 0.1) is 10.8 Å². The summed E-state index contributed by atoms with van der Waals surface area (Å²) >= 11 is 4.30. The van der Waals surface area contributed by atoms with Crippen LogP contribution in [-0.2, 0) is 26.0 Å². The van der Waals surface area contributed by atoms with Crippen molar-refractivity contribution in [3.63, 3.8) is 0 Å². The fourth-order valence-electron chi connectivity index (χ4n) is 3.76. The molecule has 9 nitrogen and oxygen atoms in total. The van der Waals surface area contributed by atoms with Crippen LogP contribution in [0.15, 0.2) is 83.8 Å². The van der Waals surface area contributed by atoms with Crippen molar-refractivity contribution in [3.05, 3.63) is 90.0 Å². The van der Waals surface area contributed by atoms with Crippen molar-refractivity contribution in [3.8, 4) is 11.1 Å². The highest BCUT2D eigenvalue weighted by Gasteiger charge is 2.23. The number of amides is 3. The molecule has 3 rings (SSSR count). The zero-order valence-corrected chi connectivity index (χ0v) is 23.0. The molecule has 0 heterocycles. The summed E-state index contributed by atoms with van der Waals surface area (Å²) in [6.07, 6.45) is -0.913. The van der Waals surface area contributed by atoms with Crippen molar-refractivity contribution in [2.24, 2.45) is 5.92 Å². The fourth-order valence-corrected chi connectivity index (χ4v) is 5.33. The summed E-state index contributed by atoms with van der Waals surface area (Å²) < 4.78 is 27.3. The highest BCUT2D eigenvalue weighted by Crippen LogP contribution is 2.27. The van der Waals surface area contributed by atoms with E-state index in [1.165, 1.54) is 19.1 Å². The molecule has 3 aromatic carbocycles. The van der Waals surface area contributed by atoms with Crippen LogP contribution in [0.25, 0.3) is 11.1 Å². The third-order valence-electron chi connectivity index (χ3n) is 5.87. The van der Waals surface area contributed by atoms with Gasteiger partial charge in [0.2, 0.25) is 5.91 Å². The molecule has 206 valence electrons. The zero-order valence-electron chi connectivity index (χ0n) is 21.3. The first-order valence-corrected chi connectivity index (χ1v) is 14.4. The van der Waals surface area contributed by atoms with Crippen molar-refractivity contribution in [1.82, 2.24) is 15.4 Å². The Morgan fingerprint density at radius 3 is 2.10 bits per heavy atom. The second-order valence-corrected chi connectivity index (χ2v) is 10.9. The Labute approximate surface area is 233 Å². The van der Waals surface area contributed by atoms with Crippen molar-refractivity contribution >= 4 is 40.4 Å². The first kappa shape index (κ1) is 29.9. The van der Waals surface area contributed by atoms with Crippen LogP contribution in [0.2, 0.25) is 0 Å². The van der Waals surface area contributed by atoms with E-state index >= 15 is 0 Å². The van der Waals surface area contributed by atoms with Crippen LogP contribution in [0.1, 0.15) is 22.8 Å². The van der Waals surface area contributed by atoms with Gasteiger partial charge in [0.1, 0.15) is 6.10 Å². The molecule has 2 atom stereocenters. The predicted octanol–water partition coefficient (Wildman–Crippen LogP) is 2.17. The Morgan fingerprint density at radius 1 is 0.846 bits per heavy atom. The lowest BCUT2D eigenvalue weighted by molar-refractivity contribution is -0.126. The van der Waals surface area contributed by atoms with Crippen LogP contribution < -0.4 is 15.4 Å². The highest BCUT2D eigenvalue weighted by molar-refractivity contribution is 7.90. The Morgan fingerprint density at radius 2 is 1.46 bits per heavy atom. The van der Waals surface area contributed by atoms with Crippen LogP contribution in [0.4, 0.5) is 0 Å². The molecule has 0 saturated heterocycles. The van der Waals surface area contributed by atoms with E-state index in [2.05, 4.69) is 23.3 Å². The molecular formula is C28H31N3O6S2. The number of hydrogen-bond donors (Lipinski definition) is 5. The van der Waals surface area contributed by atoms with Gasteiger partial charge >= 0.3 is 0 Å². The van der Waals surface area contributed by atoms with Gasteiger partial charge in [0.25, 0.3) is 21.8 Å². The molecule has 3 aromatic rings. The van der Waals surface area contributed by atoms with Gasteiger partial charge in [-0.05, 0) is 42.7 Å². The summed E-state index contributed by atoms with van der Waals surface area (Å²) in [5, 5.41) is 14.9. The fraction of sp³-hybridized carbons (Fsp3) is 0.250. The Bertz CT molecular complexity index is 1390. The summed E-state index contributed by atoms with van der Waals surface area (Å²) in [6.45, 7) is 1.64. The summed E-state index contributed by atoms with van der Waals surface area (Å²) in [7, 11) is -4.24. The molecule has 4 N–H and O–H groups in total. The normalized spacial score (nSPS) is 12.7. The van der Waals surface area contributed by atoms with Crippen LogP contribution in [0.5, 0.6) is 0 Å². The number of carbonyl (C=O) groups is 3. The highest BCUT2D eigenvalue weighted by atomic mass is 32.2. The summed E-state index contributed by atoms with van der Waals surface area (Å²) in [5.74, 6) is -1.41. The lowest BCUT2D eigenvalue weighted by Gasteiger charge is -2.15. The van der Waals surface area contributed by atoms with E-state index in [0.717, 1.165) is 5.56 Å². The van der Waals surface area contributed by atoms with E-state index in [1.807, 2.05) is 35.1 Å². The van der Waals surface area contributed by atoms with E-state index in [1.54, 1.807) is 36.4 Å². The number of carbonyl (C=O) groups excluding carboxylic acids is 3. The molecule has 0 unspecified atom stereocenters. The average Bonchev–Trinajstić information content (AvgIpc) is 2.94. The third-order valence-corrected chi connectivity index (χ3v) is 7.72. The molecule has 0 aromatic heterocycles. The molecule has 3 amide bonds. The Hall–Kier alpha value is -3.67. The van der Waals surface area contributed by atoms with E-state index in [-0.39, 0.29) is 35.7 Å². The minimum absolute atomic E-state index is 0.134. The van der Waals surface area contributed by atoms with E-state index in [9.17, 15) is 27.9 Å². The van der Waals surface area contributed by atoms with Crippen molar-refractivity contribution in [2.75, 3.05) is 18.8 Å². The molecule has 0 aliphatic rings. The minimum atomic E-state index is -4.24. The SMILES string of the molecule is C[C@H](O)C(=O)NS(=O)(=O)c1ccccc1-c1ccc(C(=O)NCCNC(=O)[C@@H](CS)Cc2ccccc2)cc1. The maximum Gasteiger partial charge on any atom is 0.264 e. The van der Waals surface area contributed by atoms with Gasteiger partial charge in [-0.15, -0.1) is 0 Å². The molecule has 0 aliphatic carbocycles. The number of sulfonamides is 1. The van der Waals surface area contributed by atoms with E-state index in [0.29, 0.717) is 28.9 Å². The largest absolute Gasteiger partial charge is 0.384 e. The quantitative estimate of drug-likeness (QED) is 0.167. The molecule has 0 aliphatic heterocycles. The Balaban J connectivity index is 1.57. The number of benzene rings is 3. The van der Waals surface area contributed by atoms with Gasteiger partial charge in [-0.1, -0.05) is 60.7 Å². The standard InChI is InChI=1S/C28H31N3O6S2/c1-19(32)26(33)31-39(36,37)25-10-6-5-9-24(25)21-11-13-22(14-12-21)27(34)29-15-16-30-28(35)23(18-38)17-20-7-3-2-4-8-20/h2-14,19,23,32,38H,15-18H2,1H3,(H,29,34)(H,30,35)(H,31,33)/t19-,23+/m0/s1. The maximum absolute atomic E-state index is 12.7. The topological polar surface area (TPSA) is 142 Å². The molecule has 39 heavy (non-hydrogen) atoms. The molecule has 0 spiro atoms. The average molecular weight is 570 g/mol. The second kappa shape index (κ2) is 13.9. The second-order valence-electron chi connectivity index (χ2n) is 8.84. The van der Waals surface area contributed by atoms with Gasteiger partial charge in [-0.3, -0.25) is 14.4 Å². The maximum atomic E-state index is 12.7. The van der Waals surface area contributed by atoms with Crippen LogP contribution in [0.3, 0.4) is 0 Å². The van der Waals surface area contributed by atoms with Gasteiger partial charge in [0.15, 0.2) is 0 Å². The van der Waals surface area contributed by atoms with E-state index in [4.69, 9.17) is 0 Å². The lowest BCUT2D eigenvalue weighted by atomic mass is 10.0. The number of aliphatic hydroxyl groups excluding tert-OH is 1. The minimum Gasteiger partial charge on any atom is -0.384 e. The first-order chi connectivity index (χ1) is 18.6. The molecule has 11 heteroatoms. The summed E-state index contributed by atoms with van der Waals surface area (Å²) in [4.78, 5) is 36.7. The smallest absolute Gasteiger partial charge is 0.264 e. The number of thiol groups is 1. The molecule has 0 saturated carbocycles. The lowest BCUT2D eigenvalue weighted by Crippen LogP contribution is -2.38. The number of nitrogens with one attached hydrogen (secondary N) is 3. The van der Waals surface area contributed by atoms with Gasteiger partial charge in [-0.25, -0.2) is 13.1 Å². The van der Waals surface area contributed by atoms with Gasteiger partial charge in [-0.2, -0.15) is 12.6 Å². The van der Waals surface area contributed by atoms with Crippen molar-refractivity contribution < 1.29 is 27.9 Å². The number of aliphatic hydroxyl groups is 1. The Kier molecular flexibility index (Phi) is 10.7. The van der Waals surface area contributed by atoms with Crippen LogP contribution in [-0.4, -0.2) is 56.2 Å². The van der Waals surface area contributed by atoms with E-state index < -0.39 is 22.0 Å². The zero-order chi connectivity index (χ0) is 28.4. The molecule has 0 fully saturated rings. The van der Waals surface area contributed by atoms with Crippen molar-refractivity contribution in [2.45, 2.75) is 24.3 Å². The van der Waals surface area contributed by atoms with Crippen LogP contribution >= 0.6 is 12.6 Å². The number of hydrogen-bond acceptors (Lipinski definition) is 7. The van der Waals surface area contributed by atoms with Crippen molar-refractivity contribution in [1.29, 1.82) is 0 Å². The predicted molar refractivity (Wildman–Crippen MR) is 152 cm³/mol. The molecule has 0 radical (unpaired) electrons. The van der Waals surface area contributed by atoms with Gasteiger partial charge < -0.3 is 15.7 Å². The molecular weight excluding hydrogens is 538 g/mol. The third kappa shape index (κ3) is 8.41. The summed E-state index contributed by atoms with van der Waals surface area (Å²) in [6, 6.07) is 22.1. The first-order valence-electron chi connectivity index (χ1n) is 12.3. The molecule has 0 bridgehead atoms. The number of rotatable bonds is 12. The van der Waals surface area contributed by atoms with Gasteiger partial charge in [0, 0.05) is 30.0 Å².